The number of carboxylic acids is 1. The first-order valence-electron chi connectivity index (χ1n) is 7.05. The van der Waals surface area contributed by atoms with Gasteiger partial charge >= 0.3 is 5.97 Å². The molecule has 0 radical (unpaired) electrons. The molecule has 0 aromatic rings. The highest BCUT2D eigenvalue weighted by atomic mass is 16.4. The van der Waals surface area contributed by atoms with E-state index in [1.807, 2.05) is 13.8 Å². The molecule has 1 N–H and O–H groups in total. The van der Waals surface area contributed by atoms with Crippen molar-refractivity contribution < 1.29 is 14.7 Å². The van der Waals surface area contributed by atoms with E-state index in [1.165, 1.54) is 0 Å². The van der Waals surface area contributed by atoms with Gasteiger partial charge in [0.05, 0.1) is 11.8 Å². The Hall–Kier alpha value is -1.06. The van der Waals surface area contributed by atoms with Gasteiger partial charge in [0.15, 0.2) is 0 Å². The Kier molecular flexibility index (Phi) is 4.64. The number of hydrogen-bond donors (Lipinski definition) is 1. The minimum Gasteiger partial charge on any atom is -0.481 e. The van der Waals surface area contributed by atoms with Crippen molar-refractivity contribution in [1.82, 2.24) is 4.90 Å². The van der Waals surface area contributed by atoms with Crippen LogP contribution in [0.5, 0.6) is 0 Å². The van der Waals surface area contributed by atoms with Crippen molar-refractivity contribution in [2.45, 2.75) is 53.5 Å². The molecular weight excluding hydrogens is 242 g/mol. The molecular formula is C15H27NO3. The predicted octanol–water partition coefficient (Wildman–Crippen LogP) is 2.63. The quantitative estimate of drug-likeness (QED) is 0.857. The highest BCUT2D eigenvalue weighted by Crippen LogP contribution is 2.38. The zero-order chi connectivity index (χ0) is 15.0. The summed E-state index contributed by atoms with van der Waals surface area (Å²) in [6, 6.07) is 0.0883. The van der Waals surface area contributed by atoms with Gasteiger partial charge < -0.3 is 10.0 Å². The third kappa shape index (κ3) is 3.48. The van der Waals surface area contributed by atoms with E-state index in [0.29, 0.717) is 18.8 Å². The Morgan fingerprint density at radius 2 is 1.68 bits per heavy atom. The first-order chi connectivity index (χ1) is 8.55. The van der Waals surface area contributed by atoms with Crippen LogP contribution in [0.25, 0.3) is 0 Å². The van der Waals surface area contributed by atoms with Crippen LogP contribution in [0, 0.1) is 23.2 Å². The molecule has 19 heavy (non-hydrogen) atoms. The third-order valence-electron chi connectivity index (χ3n) is 4.61. The summed E-state index contributed by atoms with van der Waals surface area (Å²) in [5.74, 6) is -1.41. The Bertz CT molecular complexity index is 359. The molecule has 4 heteroatoms. The van der Waals surface area contributed by atoms with Crippen LogP contribution in [0.15, 0.2) is 0 Å². The van der Waals surface area contributed by atoms with Crippen LogP contribution in [0.2, 0.25) is 0 Å². The molecule has 1 aliphatic carbocycles. The predicted molar refractivity (Wildman–Crippen MR) is 74.7 cm³/mol. The summed E-state index contributed by atoms with van der Waals surface area (Å²) in [4.78, 5) is 25.6. The molecule has 1 rings (SSSR count). The smallest absolute Gasteiger partial charge is 0.307 e. The van der Waals surface area contributed by atoms with Crippen molar-refractivity contribution in [1.29, 1.82) is 0 Å². The maximum atomic E-state index is 12.6. The summed E-state index contributed by atoms with van der Waals surface area (Å²) >= 11 is 0. The first kappa shape index (κ1) is 16.0. The molecule has 0 aromatic carbocycles. The molecule has 110 valence electrons. The van der Waals surface area contributed by atoms with Gasteiger partial charge in [0.2, 0.25) is 5.91 Å². The number of carbonyl (C=O) groups is 2. The summed E-state index contributed by atoms with van der Waals surface area (Å²) in [5, 5.41) is 9.26. The van der Waals surface area contributed by atoms with Gasteiger partial charge in [-0.15, -0.1) is 0 Å². The van der Waals surface area contributed by atoms with Gasteiger partial charge in [-0.1, -0.05) is 27.7 Å². The number of hydrogen-bond acceptors (Lipinski definition) is 2. The fourth-order valence-corrected chi connectivity index (χ4v) is 2.87. The largest absolute Gasteiger partial charge is 0.481 e. The highest BCUT2D eigenvalue weighted by molar-refractivity contribution is 5.85. The minimum absolute atomic E-state index is 0.00660. The minimum atomic E-state index is -0.834. The summed E-state index contributed by atoms with van der Waals surface area (Å²) in [6.07, 6.45) is 1.31. The van der Waals surface area contributed by atoms with Crippen molar-refractivity contribution in [2.24, 2.45) is 23.2 Å². The second-order valence-corrected chi connectivity index (χ2v) is 7.12. The van der Waals surface area contributed by atoms with Crippen molar-refractivity contribution in [3.05, 3.63) is 0 Å². The van der Waals surface area contributed by atoms with E-state index in [0.717, 1.165) is 0 Å². The van der Waals surface area contributed by atoms with E-state index < -0.39 is 11.9 Å². The van der Waals surface area contributed by atoms with Crippen LogP contribution in [-0.2, 0) is 9.59 Å². The number of amides is 1. The number of rotatable bonds is 3. The molecule has 0 spiro atoms. The van der Waals surface area contributed by atoms with Gasteiger partial charge in [-0.2, -0.15) is 0 Å². The van der Waals surface area contributed by atoms with E-state index in [9.17, 15) is 14.7 Å². The normalized spacial score (nSPS) is 29.1. The lowest BCUT2D eigenvalue weighted by molar-refractivity contribution is -0.150. The van der Waals surface area contributed by atoms with Crippen LogP contribution in [0.1, 0.15) is 47.5 Å². The van der Waals surface area contributed by atoms with Crippen molar-refractivity contribution in [3.8, 4) is 0 Å². The summed E-state index contributed by atoms with van der Waals surface area (Å²) in [5.41, 5.74) is -0.00660. The Balaban J connectivity index is 2.84. The van der Waals surface area contributed by atoms with Gasteiger partial charge in [0, 0.05) is 13.1 Å². The summed E-state index contributed by atoms with van der Waals surface area (Å²) in [7, 11) is 1.79. The molecule has 0 heterocycles. The van der Waals surface area contributed by atoms with Crippen molar-refractivity contribution >= 4 is 11.9 Å². The third-order valence-corrected chi connectivity index (χ3v) is 4.61. The van der Waals surface area contributed by atoms with Crippen LogP contribution < -0.4 is 0 Å². The topological polar surface area (TPSA) is 57.6 Å². The average Bonchev–Trinajstić information content (AvgIpc) is 2.67. The van der Waals surface area contributed by atoms with E-state index in [1.54, 1.807) is 11.9 Å². The second kappa shape index (κ2) is 5.51. The molecule has 4 atom stereocenters. The molecule has 1 fully saturated rings. The molecule has 4 nitrogen and oxygen atoms in total. The maximum Gasteiger partial charge on any atom is 0.307 e. The fraction of sp³-hybridized carbons (Fsp3) is 0.867. The molecule has 0 saturated heterocycles. The molecule has 0 aromatic heterocycles. The van der Waals surface area contributed by atoms with E-state index in [2.05, 4.69) is 20.8 Å². The molecule has 4 unspecified atom stereocenters. The number of nitrogens with zero attached hydrogens (tertiary/aromatic N) is 1. The van der Waals surface area contributed by atoms with Crippen LogP contribution in [0.4, 0.5) is 0 Å². The van der Waals surface area contributed by atoms with Crippen LogP contribution >= 0.6 is 0 Å². The zero-order valence-electron chi connectivity index (χ0n) is 12.9. The number of carboxylic acid groups (broad SMARTS) is 1. The monoisotopic (exact) mass is 269 g/mol. The molecule has 0 aliphatic heterocycles. The van der Waals surface area contributed by atoms with Crippen molar-refractivity contribution in [2.75, 3.05) is 7.05 Å². The molecule has 1 aliphatic rings. The Morgan fingerprint density at radius 3 is 2.11 bits per heavy atom. The lowest BCUT2D eigenvalue weighted by Crippen LogP contribution is -2.46. The van der Waals surface area contributed by atoms with Gasteiger partial charge in [-0.05, 0) is 31.1 Å². The van der Waals surface area contributed by atoms with Crippen molar-refractivity contribution in [3.63, 3.8) is 0 Å². The van der Waals surface area contributed by atoms with Gasteiger partial charge in [0.25, 0.3) is 0 Å². The number of aliphatic carboxylic acids is 1. The highest BCUT2D eigenvalue weighted by Gasteiger charge is 2.43. The van der Waals surface area contributed by atoms with Gasteiger partial charge in [-0.3, -0.25) is 9.59 Å². The lowest BCUT2D eigenvalue weighted by Gasteiger charge is -2.37. The fourth-order valence-electron chi connectivity index (χ4n) is 2.87. The van der Waals surface area contributed by atoms with E-state index in [4.69, 9.17) is 0 Å². The standard InChI is InChI=1S/C15H27NO3/c1-9-7-11(12(8-9)14(18)19)13(17)16(6)10(2)15(3,4)5/h9-12H,7-8H2,1-6H3,(H,18,19). The summed E-state index contributed by atoms with van der Waals surface area (Å²) < 4.78 is 0. The molecule has 1 amide bonds. The Morgan fingerprint density at radius 1 is 1.21 bits per heavy atom. The van der Waals surface area contributed by atoms with E-state index in [-0.39, 0.29) is 23.3 Å². The maximum absolute atomic E-state index is 12.6. The van der Waals surface area contributed by atoms with Crippen LogP contribution in [-0.4, -0.2) is 35.0 Å². The second-order valence-electron chi connectivity index (χ2n) is 7.12. The SMILES string of the molecule is CC1CC(C(=O)O)C(C(=O)N(C)C(C)C(C)(C)C)C1. The average molecular weight is 269 g/mol. The zero-order valence-corrected chi connectivity index (χ0v) is 12.9. The van der Waals surface area contributed by atoms with Gasteiger partial charge in [0.1, 0.15) is 0 Å². The Labute approximate surface area is 116 Å². The van der Waals surface area contributed by atoms with Gasteiger partial charge in [-0.25, -0.2) is 0 Å². The molecule has 0 bridgehead atoms. The van der Waals surface area contributed by atoms with Crippen LogP contribution in [0.3, 0.4) is 0 Å². The number of carbonyl (C=O) groups excluding carboxylic acids is 1. The summed E-state index contributed by atoms with van der Waals surface area (Å²) in [6.45, 7) is 10.3. The lowest BCUT2D eigenvalue weighted by atomic mass is 9.85. The van der Waals surface area contributed by atoms with E-state index >= 15 is 0 Å². The first-order valence-corrected chi connectivity index (χ1v) is 7.05. The molecule has 1 saturated carbocycles.